The van der Waals surface area contributed by atoms with Gasteiger partial charge >= 0.3 is 0 Å². The molecule has 0 bridgehead atoms. The molecule has 3 nitrogen and oxygen atoms in total. The smallest absolute Gasteiger partial charge is 0.142 e. The molecule has 18 heavy (non-hydrogen) atoms. The van der Waals surface area contributed by atoms with Crippen molar-refractivity contribution in [3.8, 4) is 10.7 Å². The molecule has 0 aliphatic carbocycles. The number of pyridine rings is 1. The molecular formula is C13H16ClN3S. The Bertz CT molecular complexity index is 495. The number of aromatic nitrogens is 2. The molecule has 1 N–H and O–H groups in total. The molecule has 2 rings (SSSR count). The van der Waals surface area contributed by atoms with E-state index in [1.54, 1.807) is 17.5 Å². The number of thiazole rings is 1. The standard InChI is InChI=1S/C13H16ClN3S/c1-3-6-15-9(2)12-8-18-13(17-12)11-5-4-10(14)7-16-11/h4-5,7-9,15H,3,6H2,1-2H3. The summed E-state index contributed by atoms with van der Waals surface area (Å²) in [6.07, 6.45) is 2.77. The molecule has 2 heterocycles. The molecule has 0 amide bonds. The first kappa shape index (κ1) is 13.5. The van der Waals surface area contributed by atoms with Gasteiger partial charge in [0.2, 0.25) is 0 Å². The van der Waals surface area contributed by atoms with Crippen LogP contribution in [0.2, 0.25) is 5.02 Å². The summed E-state index contributed by atoms with van der Waals surface area (Å²) in [4.78, 5) is 8.89. The molecule has 1 atom stereocenters. The summed E-state index contributed by atoms with van der Waals surface area (Å²) in [5.41, 5.74) is 1.94. The highest BCUT2D eigenvalue weighted by molar-refractivity contribution is 7.13. The van der Waals surface area contributed by atoms with Crippen LogP contribution in [-0.2, 0) is 0 Å². The first-order valence-corrected chi connectivity index (χ1v) is 7.27. The lowest BCUT2D eigenvalue weighted by Gasteiger charge is -2.09. The van der Waals surface area contributed by atoms with Gasteiger partial charge in [0.05, 0.1) is 16.4 Å². The Morgan fingerprint density at radius 2 is 2.28 bits per heavy atom. The van der Waals surface area contributed by atoms with Crippen LogP contribution < -0.4 is 5.32 Å². The van der Waals surface area contributed by atoms with E-state index in [4.69, 9.17) is 11.6 Å². The van der Waals surface area contributed by atoms with E-state index in [1.165, 1.54) is 0 Å². The Hall–Kier alpha value is -0.970. The van der Waals surface area contributed by atoms with Crippen LogP contribution in [0.4, 0.5) is 0 Å². The normalized spacial score (nSPS) is 12.6. The highest BCUT2D eigenvalue weighted by Gasteiger charge is 2.10. The van der Waals surface area contributed by atoms with Gasteiger partial charge in [-0.1, -0.05) is 18.5 Å². The maximum Gasteiger partial charge on any atom is 0.142 e. The van der Waals surface area contributed by atoms with E-state index < -0.39 is 0 Å². The fraction of sp³-hybridized carbons (Fsp3) is 0.385. The average Bonchev–Trinajstić information content (AvgIpc) is 2.86. The van der Waals surface area contributed by atoms with Gasteiger partial charge < -0.3 is 5.32 Å². The van der Waals surface area contributed by atoms with Crippen LogP contribution in [0.1, 0.15) is 32.0 Å². The molecule has 0 saturated carbocycles. The van der Waals surface area contributed by atoms with Crippen molar-refractivity contribution < 1.29 is 0 Å². The second-order valence-corrected chi connectivity index (χ2v) is 5.41. The van der Waals surface area contributed by atoms with Crippen molar-refractivity contribution in [1.29, 1.82) is 0 Å². The SMILES string of the molecule is CCCNC(C)c1csc(-c2ccc(Cl)cn2)n1. The molecule has 0 saturated heterocycles. The average molecular weight is 282 g/mol. The van der Waals surface area contributed by atoms with Crippen LogP contribution in [0.15, 0.2) is 23.7 Å². The summed E-state index contributed by atoms with van der Waals surface area (Å²) in [7, 11) is 0. The van der Waals surface area contributed by atoms with Crippen LogP contribution in [0, 0.1) is 0 Å². The largest absolute Gasteiger partial charge is 0.309 e. The van der Waals surface area contributed by atoms with Crippen LogP contribution in [0.3, 0.4) is 0 Å². The summed E-state index contributed by atoms with van der Waals surface area (Å²) in [6, 6.07) is 4.01. The minimum atomic E-state index is 0.280. The Balaban J connectivity index is 2.12. The Kier molecular flexibility index (Phi) is 4.69. The van der Waals surface area contributed by atoms with Gasteiger partial charge in [-0.2, -0.15) is 0 Å². The highest BCUT2D eigenvalue weighted by Crippen LogP contribution is 2.25. The van der Waals surface area contributed by atoms with Crippen molar-refractivity contribution >= 4 is 22.9 Å². The molecule has 96 valence electrons. The van der Waals surface area contributed by atoms with Gasteiger partial charge in [-0.25, -0.2) is 4.98 Å². The first-order valence-electron chi connectivity index (χ1n) is 6.01. The van der Waals surface area contributed by atoms with Gasteiger partial charge in [-0.3, -0.25) is 4.98 Å². The van der Waals surface area contributed by atoms with E-state index in [0.29, 0.717) is 5.02 Å². The van der Waals surface area contributed by atoms with Gasteiger partial charge in [0.15, 0.2) is 0 Å². The lowest BCUT2D eigenvalue weighted by Crippen LogP contribution is -2.19. The van der Waals surface area contributed by atoms with Crippen molar-refractivity contribution in [2.45, 2.75) is 26.3 Å². The van der Waals surface area contributed by atoms with E-state index in [2.05, 4.69) is 34.5 Å². The van der Waals surface area contributed by atoms with Crippen molar-refractivity contribution in [1.82, 2.24) is 15.3 Å². The van der Waals surface area contributed by atoms with Crippen molar-refractivity contribution in [2.75, 3.05) is 6.54 Å². The molecule has 1 unspecified atom stereocenters. The number of hydrogen-bond acceptors (Lipinski definition) is 4. The predicted molar refractivity (Wildman–Crippen MR) is 77.1 cm³/mol. The zero-order valence-corrected chi connectivity index (χ0v) is 12.1. The highest BCUT2D eigenvalue weighted by atomic mass is 35.5. The summed E-state index contributed by atoms with van der Waals surface area (Å²) in [5.74, 6) is 0. The third kappa shape index (κ3) is 3.28. The third-order valence-corrected chi connectivity index (χ3v) is 3.72. The van der Waals surface area contributed by atoms with Gasteiger partial charge in [0, 0.05) is 17.6 Å². The monoisotopic (exact) mass is 281 g/mol. The third-order valence-electron chi connectivity index (χ3n) is 2.61. The number of halogens is 1. The van der Waals surface area contributed by atoms with Crippen LogP contribution in [0.5, 0.6) is 0 Å². The molecule has 0 radical (unpaired) electrons. The second-order valence-electron chi connectivity index (χ2n) is 4.11. The Labute approximate surface area is 116 Å². The van der Waals surface area contributed by atoms with Gasteiger partial charge in [-0.15, -0.1) is 11.3 Å². The van der Waals surface area contributed by atoms with E-state index in [9.17, 15) is 0 Å². The van der Waals surface area contributed by atoms with E-state index >= 15 is 0 Å². The van der Waals surface area contributed by atoms with Crippen LogP contribution in [0.25, 0.3) is 10.7 Å². The molecule has 0 aliphatic heterocycles. The van der Waals surface area contributed by atoms with E-state index in [0.717, 1.165) is 29.4 Å². The zero-order valence-electron chi connectivity index (χ0n) is 10.5. The minimum Gasteiger partial charge on any atom is -0.309 e. The molecule has 0 aliphatic rings. The predicted octanol–water partition coefficient (Wildman–Crippen LogP) is 3.92. The zero-order chi connectivity index (χ0) is 13.0. The van der Waals surface area contributed by atoms with E-state index in [-0.39, 0.29) is 6.04 Å². The molecule has 0 aromatic carbocycles. The second kappa shape index (κ2) is 6.27. The van der Waals surface area contributed by atoms with Crippen LogP contribution in [-0.4, -0.2) is 16.5 Å². The molecule has 2 aromatic heterocycles. The molecule has 5 heteroatoms. The van der Waals surface area contributed by atoms with Crippen LogP contribution >= 0.6 is 22.9 Å². The molecule has 2 aromatic rings. The molecule has 0 spiro atoms. The number of nitrogens with zero attached hydrogens (tertiary/aromatic N) is 2. The fourth-order valence-corrected chi connectivity index (χ4v) is 2.57. The van der Waals surface area contributed by atoms with E-state index in [1.807, 2.05) is 12.1 Å². The summed E-state index contributed by atoms with van der Waals surface area (Å²) in [5, 5.41) is 7.09. The molecular weight excluding hydrogens is 266 g/mol. The minimum absolute atomic E-state index is 0.280. The maximum absolute atomic E-state index is 5.82. The topological polar surface area (TPSA) is 37.8 Å². The van der Waals surface area contributed by atoms with Crippen molar-refractivity contribution in [3.63, 3.8) is 0 Å². The number of rotatable bonds is 5. The Morgan fingerprint density at radius 1 is 1.44 bits per heavy atom. The lowest BCUT2D eigenvalue weighted by atomic mass is 10.2. The van der Waals surface area contributed by atoms with Crippen molar-refractivity contribution in [2.24, 2.45) is 0 Å². The number of nitrogens with one attached hydrogen (secondary N) is 1. The summed E-state index contributed by atoms with van der Waals surface area (Å²) < 4.78 is 0. The molecule has 0 fully saturated rings. The number of hydrogen-bond donors (Lipinski definition) is 1. The maximum atomic E-state index is 5.82. The van der Waals surface area contributed by atoms with Gasteiger partial charge in [0.1, 0.15) is 5.01 Å². The first-order chi connectivity index (χ1) is 8.70. The summed E-state index contributed by atoms with van der Waals surface area (Å²) in [6.45, 7) is 5.29. The van der Waals surface area contributed by atoms with Crippen molar-refractivity contribution in [3.05, 3.63) is 34.4 Å². The Morgan fingerprint density at radius 3 is 2.94 bits per heavy atom. The quantitative estimate of drug-likeness (QED) is 0.903. The van der Waals surface area contributed by atoms with Gasteiger partial charge in [-0.05, 0) is 32.0 Å². The van der Waals surface area contributed by atoms with Gasteiger partial charge in [0.25, 0.3) is 0 Å². The fourth-order valence-electron chi connectivity index (χ4n) is 1.57. The summed E-state index contributed by atoms with van der Waals surface area (Å²) >= 11 is 7.44. The lowest BCUT2D eigenvalue weighted by molar-refractivity contribution is 0.561.